The summed E-state index contributed by atoms with van der Waals surface area (Å²) < 4.78 is 39.2. The molecular weight excluding hydrogens is 420 g/mol. The number of anilines is 1. The molecule has 0 spiro atoms. The van der Waals surface area contributed by atoms with Crippen LogP contribution in [0.2, 0.25) is 0 Å². The molecule has 2 aromatic rings. The van der Waals surface area contributed by atoms with Gasteiger partial charge in [-0.15, -0.1) is 0 Å². The molecule has 8 heteroatoms. The molecule has 0 aliphatic rings. The zero-order chi connectivity index (χ0) is 19.3. The highest BCUT2D eigenvalue weighted by Crippen LogP contribution is 2.37. The number of hydrogen-bond donors (Lipinski definition) is 0. The minimum Gasteiger partial charge on any atom is -0.493 e. The van der Waals surface area contributed by atoms with Crippen LogP contribution in [-0.2, 0) is 10.0 Å². The second kappa shape index (κ2) is 8.75. The van der Waals surface area contributed by atoms with E-state index in [1.807, 2.05) is 37.2 Å². The maximum absolute atomic E-state index is 13.4. The van der Waals surface area contributed by atoms with Crippen molar-refractivity contribution >= 4 is 31.6 Å². The third-order valence-corrected chi connectivity index (χ3v) is 6.59. The van der Waals surface area contributed by atoms with Gasteiger partial charge in [0.15, 0.2) is 11.5 Å². The first-order chi connectivity index (χ1) is 12.3. The average Bonchev–Trinajstić information content (AvgIpc) is 2.61. The Bertz CT molecular complexity index is 842. The first-order valence-corrected chi connectivity index (χ1v) is 10.2. The summed E-state index contributed by atoms with van der Waals surface area (Å²) in [6.07, 6.45) is 0. The van der Waals surface area contributed by atoms with E-state index < -0.39 is 10.0 Å². The third kappa shape index (κ3) is 4.49. The molecule has 26 heavy (non-hydrogen) atoms. The molecule has 0 amide bonds. The molecule has 0 saturated heterocycles. The molecule has 0 saturated carbocycles. The van der Waals surface area contributed by atoms with Crippen molar-refractivity contribution in [1.82, 2.24) is 4.90 Å². The van der Waals surface area contributed by atoms with Crippen LogP contribution in [0.5, 0.6) is 11.5 Å². The number of methoxy groups -OCH3 is 2. The zero-order valence-electron chi connectivity index (χ0n) is 15.3. The molecule has 0 heterocycles. The standard InChI is InChI=1S/C18H23BrN2O4S/c1-20(2)10-11-21(14-8-6-5-7-9-14)26(22,23)18-13-17(25-4)16(24-3)12-15(18)19/h5-9,12-13H,10-11H2,1-4H3. The summed E-state index contributed by atoms with van der Waals surface area (Å²) in [5.41, 5.74) is 0.607. The Kier molecular flexibility index (Phi) is 6.91. The van der Waals surface area contributed by atoms with Crippen molar-refractivity contribution in [2.45, 2.75) is 4.90 Å². The van der Waals surface area contributed by atoms with Gasteiger partial charge in [0.2, 0.25) is 0 Å². The van der Waals surface area contributed by atoms with Crippen LogP contribution in [0.3, 0.4) is 0 Å². The highest BCUT2D eigenvalue weighted by Gasteiger charge is 2.28. The average molecular weight is 443 g/mol. The molecule has 0 bridgehead atoms. The normalized spacial score (nSPS) is 11.5. The molecule has 0 unspecified atom stereocenters. The molecule has 0 radical (unpaired) electrons. The molecular formula is C18H23BrN2O4S. The van der Waals surface area contributed by atoms with E-state index in [1.54, 1.807) is 18.2 Å². The minimum atomic E-state index is -3.81. The predicted molar refractivity (Wildman–Crippen MR) is 107 cm³/mol. The lowest BCUT2D eigenvalue weighted by Gasteiger charge is -2.26. The van der Waals surface area contributed by atoms with E-state index in [1.165, 1.54) is 24.6 Å². The van der Waals surface area contributed by atoms with Crippen molar-refractivity contribution in [2.24, 2.45) is 0 Å². The van der Waals surface area contributed by atoms with Gasteiger partial charge < -0.3 is 14.4 Å². The van der Waals surface area contributed by atoms with E-state index in [9.17, 15) is 8.42 Å². The number of halogens is 1. The Morgan fingerprint density at radius 3 is 2.08 bits per heavy atom. The van der Waals surface area contributed by atoms with Gasteiger partial charge >= 0.3 is 0 Å². The van der Waals surface area contributed by atoms with Crippen molar-refractivity contribution in [3.05, 3.63) is 46.9 Å². The maximum Gasteiger partial charge on any atom is 0.265 e. The molecule has 0 N–H and O–H groups in total. The van der Waals surface area contributed by atoms with Crippen molar-refractivity contribution in [3.63, 3.8) is 0 Å². The van der Waals surface area contributed by atoms with Crippen molar-refractivity contribution in [2.75, 3.05) is 45.7 Å². The fourth-order valence-corrected chi connectivity index (χ4v) is 4.88. The summed E-state index contributed by atoms with van der Waals surface area (Å²) in [4.78, 5) is 2.06. The topological polar surface area (TPSA) is 59.1 Å². The van der Waals surface area contributed by atoms with Crippen molar-refractivity contribution in [3.8, 4) is 11.5 Å². The minimum absolute atomic E-state index is 0.123. The van der Waals surface area contributed by atoms with Crippen LogP contribution in [-0.4, -0.2) is 54.7 Å². The Labute approximate surface area is 163 Å². The largest absolute Gasteiger partial charge is 0.493 e. The summed E-state index contributed by atoms with van der Waals surface area (Å²) in [5.74, 6) is 0.813. The summed E-state index contributed by atoms with van der Waals surface area (Å²) in [6, 6.07) is 12.1. The molecule has 142 valence electrons. The second-order valence-electron chi connectivity index (χ2n) is 5.85. The number of sulfonamides is 1. The third-order valence-electron chi connectivity index (χ3n) is 3.80. The Balaban J connectivity index is 2.56. The maximum atomic E-state index is 13.4. The van der Waals surface area contributed by atoms with E-state index in [0.29, 0.717) is 34.7 Å². The second-order valence-corrected chi connectivity index (χ2v) is 8.54. The monoisotopic (exact) mass is 442 g/mol. The lowest BCUT2D eigenvalue weighted by Crippen LogP contribution is -2.37. The van der Waals surface area contributed by atoms with Crippen LogP contribution in [0.1, 0.15) is 0 Å². The van der Waals surface area contributed by atoms with Gasteiger partial charge in [0, 0.05) is 23.6 Å². The first kappa shape index (κ1) is 20.5. The van der Waals surface area contributed by atoms with E-state index in [2.05, 4.69) is 15.9 Å². The molecule has 0 aliphatic heterocycles. The number of ether oxygens (including phenoxy) is 2. The Morgan fingerprint density at radius 2 is 1.54 bits per heavy atom. The fourth-order valence-electron chi connectivity index (χ4n) is 2.43. The summed E-state index contributed by atoms with van der Waals surface area (Å²) in [5, 5.41) is 0. The fraction of sp³-hybridized carbons (Fsp3) is 0.333. The first-order valence-electron chi connectivity index (χ1n) is 7.95. The van der Waals surface area contributed by atoms with Crippen LogP contribution in [0.25, 0.3) is 0 Å². The lowest BCUT2D eigenvalue weighted by molar-refractivity contribution is 0.353. The van der Waals surface area contributed by atoms with E-state index >= 15 is 0 Å². The van der Waals surface area contributed by atoms with Gasteiger partial charge in [-0.2, -0.15) is 0 Å². The zero-order valence-corrected chi connectivity index (χ0v) is 17.7. The Morgan fingerprint density at radius 1 is 0.962 bits per heavy atom. The van der Waals surface area contributed by atoms with Gasteiger partial charge in [0.25, 0.3) is 10.0 Å². The molecule has 2 rings (SSSR count). The van der Waals surface area contributed by atoms with Crippen molar-refractivity contribution in [1.29, 1.82) is 0 Å². The number of nitrogens with zero attached hydrogens (tertiary/aromatic N) is 2. The number of likely N-dealkylation sites (N-methyl/N-ethyl adjacent to an activating group) is 1. The van der Waals surface area contributed by atoms with Crippen LogP contribution < -0.4 is 13.8 Å². The molecule has 0 fully saturated rings. The van der Waals surface area contributed by atoms with Gasteiger partial charge in [0.1, 0.15) is 4.90 Å². The molecule has 6 nitrogen and oxygen atoms in total. The van der Waals surface area contributed by atoms with Crippen LogP contribution >= 0.6 is 15.9 Å². The molecule has 2 aromatic carbocycles. The van der Waals surface area contributed by atoms with E-state index in [4.69, 9.17) is 9.47 Å². The Hall–Kier alpha value is -1.77. The van der Waals surface area contributed by atoms with Gasteiger partial charge in [-0.05, 0) is 48.2 Å². The van der Waals surface area contributed by atoms with Gasteiger partial charge in [-0.1, -0.05) is 18.2 Å². The van der Waals surface area contributed by atoms with Gasteiger partial charge in [0.05, 0.1) is 19.9 Å². The van der Waals surface area contributed by atoms with Crippen LogP contribution in [0, 0.1) is 0 Å². The highest BCUT2D eigenvalue weighted by molar-refractivity contribution is 9.10. The molecule has 0 atom stereocenters. The van der Waals surface area contributed by atoms with Crippen molar-refractivity contribution < 1.29 is 17.9 Å². The summed E-state index contributed by atoms with van der Waals surface area (Å²) >= 11 is 3.36. The van der Waals surface area contributed by atoms with Gasteiger partial charge in [-0.3, -0.25) is 4.31 Å². The van der Waals surface area contributed by atoms with E-state index in [0.717, 1.165) is 0 Å². The number of para-hydroxylation sites is 1. The van der Waals surface area contributed by atoms with Gasteiger partial charge in [-0.25, -0.2) is 8.42 Å². The quantitative estimate of drug-likeness (QED) is 0.627. The predicted octanol–water partition coefficient (Wildman–Crippen LogP) is 3.22. The number of rotatable bonds is 8. The summed E-state index contributed by atoms with van der Waals surface area (Å²) in [6.45, 7) is 0.902. The smallest absolute Gasteiger partial charge is 0.265 e. The molecule has 0 aliphatic carbocycles. The van der Waals surface area contributed by atoms with E-state index in [-0.39, 0.29) is 4.90 Å². The highest BCUT2D eigenvalue weighted by atomic mass is 79.9. The number of benzene rings is 2. The van der Waals surface area contributed by atoms with Crippen LogP contribution in [0.15, 0.2) is 51.8 Å². The van der Waals surface area contributed by atoms with Crippen LogP contribution in [0.4, 0.5) is 5.69 Å². The molecule has 0 aromatic heterocycles. The SMILES string of the molecule is COc1cc(Br)c(S(=O)(=O)N(CCN(C)C)c2ccccc2)cc1OC. The lowest BCUT2D eigenvalue weighted by atomic mass is 10.3. The summed E-state index contributed by atoms with van der Waals surface area (Å²) in [7, 11) is 2.98. The number of hydrogen-bond acceptors (Lipinski definition) is 5.